The van der Waals surface area contributed by atoms with Crippen molar-refractivity contribution in [3.05, 3.63) is 47.3 Å². The van der Waals surface area contributed by atoms with E-state index in [-0.39, 0.29) is 12.2 Å². The Kier molecular flexibility index (Phi) is 4.79. The van der Waals surface area contributed by atoms with Gasteiger partial charge in [-0.3, -0.25) is 9.78 Å². The van der Waals surface area contributed by atoms with Crippen LogP contribution in [0.4, 0.5) is 8.78 Å². The molecule has 0 saturated heterocycles. The van der Waals surface area contributed by atoms with E-state index in [1.54, 1.807) is 18.2 Å². The minimum atomic E-state index is -2.73. The van der Waals surface area contributed by atoms with Crippen LogP contribution in [0, 0.1) is 11.3 Å². The number of halogens is 2. The van der Waals surface area contributed by atoms with Gasteiger partial charge in [0.05, 0.1) is 25.8 Å². The number of nitrogens with zero attached hydrogens (tertiary/aromatic N) is 2. The van der Waals surface area contributed by atoms with Crippen LogP contribution in [0.2, 0.25) is 0 Å². The molecule has 22 heavy (non-hydrogen) atoms. The standard InChI is InChI=1S/C16H12F2N2O2/c1-22-15-8-20-14(16(17)18)7-13(15)12-6-10(4-5-19)2-3-11(12)9-21/h2-3,6-9,16H,4H2,1H3. The molecule has 0 amide bonds. The zero-order valence-electron chi connectivity index (χ0n) is 11.7. The summed E-state index contributed by atoms with van der Waals surface area (Å²) in [5.74, 6) is 0.279. The molecule has 1 aromatic heterocycles. The highest BCUT2D eigenvalue weighted by molar-refractivity contribution is 5.89. The van der Waals surface area contributed by atoms with E-state index in [4.69, 9.17) is 10.00 Å². The number of aromatic nitrogens is 1. The molecule has 0 aliphatic rings. The van der Waals surface area contributed by atoms with E-state index >= 15 is 0 Å². The van der Waals surface area contributed by atoms with E-state index in [1.165, 1.54) is 19.4 Å². The smallest absolute Gasteiger partial charge is 0.280 e. The number of aldehydes is 1. The third kappa shape index (κ3) is 3.09. The lowest BCUT2D eigenvalue weighted by molar-refractivity contribution is 0.112. The van der Waals surface area contributed by atoms with Crippen molar-refractivity contribution < 1.29 is 18.3 Å². The summed E-state index contributed by atoms with van der Waals surface area (Å²) in [7, 11) is 1.39. The summed E-state index contributed by atoms with van der Waals surface area (Å²) < 4.78 is 30.9. The summed E-state index contributed by atoms with van der Waals surface area (Å²) in [6.07, 6.45) is -0.747. The topological polar surface area (TPSA) is 63.0 Å². The number of carbonyl (C=O) groups excluding carboxylic acids is 1. The third-order valence-electron chi connectivity index (χ3n) is 3.15. The molecule has 0 spiro atoms. The van der Waals surface area contributed by atoms with Crippen LogP contribution in [0.5, 0.6) is 5.75 Å². The predicted molar refractivity (Wildman–Crippen MR) is 75.9 cm³/mol. The molecule has 4 nitrogen and oxygen atoms in total. The van der Waals surface area contributed by atoms with Crippen LogP contribution >= 0.6 is 0 Å². The van der Waals surface area contributed by atoms with E-state index in [0.29, 0.717) is 28.5 Å². The van der Waals surface area contributed by atoms with Crippen molar-refractivity contribution in [2.24, 2.45) is 0 Å². The van der Waals surface area contributed by atoms with Gasteiger partial charge in [0.2, 0.25) is 0 Å². The summed E-state index contributed by atoms with van der Waals surface area (Å²) >= 11 is 0. The SMILES string of the molecule is COc1cnc(C(F)F)cc1-c1cc(CC#N)ccc1C=O. The first-order valence-corrected chi connectivity index (χ1v) is 6.38. The van der Waals surface area contributed by atoms with Crippen molar-refractivity contribution >= 4 is 6.29 Å². The van der Waals surface area contributed by atoms with E-state index in [0.717, 1.165) is 0 Å². The number of hydrogen-bond donors (Lipinski definition) is 0. The van der Waals surface area contributed by atoms with Crippen LogP contribution in [-0.4, -0.2) is 18.4 Å². The van der Waals surface area contributed by atoms with Crippen molar-refractivity contribution in [3.8, 4) is 22.9 Å². The Morgan fingerprint density at radius 3 is 2.73 bits per heavy atom. The Labute approximate surface area is 126 Å². The fraction of sp³-hybridized carbons (Fsp3) is 0.188. The number of nitriles is 1. The Morgan fingerprint density at radius 1 is 1.36 bits per heavy atom. The molecule has 112 valence electrons. The second-order valence-electron chi connectivity index (χ2n) is 4.48. The average molecular weight is 302 g/mol. The maximum atomic E-state index is 12.9. The van der Waals surface area contributed by atoms with Gasteiger partial charge in [-0.15, -0.1) is 0 Å². The van der Waals surface area contributed by atoms with Crippen molar-refractivity contribution in [1.29, 1.82) is 5.26 Å². The van der Waals surface area contributed by atoms with E-state index in [2.05, 4.69) is 4.98 Å². The average Bonchev–Trinajstić information content (AvgIpc) is 2.54. The molecule has 0 radical (unpaired) electrons. The lowest BCUT2D eigenvalue weighted by Gasteiger charge is -2.13. The molecular weight excluding hydrogens is 290 g/mol. The predicted octanol–water partition coefficient (Wildman–Crippen LogP) is 3.57. The molecule has 2 aromatic rings. The Morgan fingerprint density at radius 2 is 2.14 bits per heavy atom. The summed E-state index contributed by atoms with van der Waals surface area (Å²) in [5.41, 5.74) is 1.38. The first-order chi connectivity index (χ1) is 10.6. The Hall–Kier alpha value is -2.81. The van der Waals surface area contributed by atoms with Crippen LogP contribution in [0.1, 0.15) is 28.0 Å². The number of pyridine rings is 1. The fourth-order valence-corrected chi connectivity index (χ4v) is 2.09. The van der Waals surface area contributed by atoms with Crippen molar-refractivity contribution in [2.45, 2.75) is 12.8 Å². The summed E-state index contributed by atoms with van der Waals surface area (Å²) in [6.45, 7) is 0. The van der Waals surface area contributed by atoms with E-state index in [9.17, 15) is 13.6 Å². The summed E-state index contributed by atoms with van der Waals surface area (Å²) in [6, 6.07) is 8.03. The second kappa shape index (κ2) is 6.76. The highest BCUT2D eigenvalue weighted by Crippen LogP contribution is 2.34. The van der Waals surface area contributed by atoms with Gasteiger partial charge in [0, 0.05) is 11.1 Å². The number of rotatable bonds is 5. The molecule has 0 saturated carbocycles. The normalized spacial score (nSPS) is 10.3. The molecule has 0 aliphatic heterocycles. The number of alkyl halides is 2. The van der Waals surface area contributed by atoms with Gasteiger partial charge in [-0.2, -0.15) is 5.26 Å². The minimum Gasteiger partial charge on any atom is -0.494 e. The highest BCUT2D eigenvalue weighted by atomic mass is 19.3. The van der Waals surface area contributed by atoms with Crippen LogP contribution < -0.4 is 4.74 Å². The lowest BCUT2D eigenvalue weighted by atomic mass is 9.96. The third-order valence-corrected chi connectivity index (χ3v) is 3.15. The lowest BCUT2D eigenvalue weighted by Crippen LogP contribution is -1.98. The van der Waals surface area contributed by atoms with Gasteiger partial charge >= 0.3 is 0 Å². The fourth-order valence-electron chi connectivity index (χ4n) is 2.09. The Balaban J connectivity index is 2.68. The number of carbonyl (C=O) groups is 1. The van der Waals surface area contributed by atoms with Gasteiger partial charge in [-0.25, -0.2) is 8.78 Å². The largest absolute Gasteiger partial charge is 0.494 e. The molecular formula is C16H12F2N2O2. The zero-order chi connectivity index (χ0) is 16.1. The molecule has 0 aliphatic carbocycles. The molecule has 6 heteroatoms. The van der Waals surface area contributed by atoms with E-state index < -0.39 is 12.1 Å². The van der Waals surface area contributed by atoms with Gasteiger partial charge in [0.1, 0.15) is 11.4 Å². The molecule has 0 bridgehead atoms. The van der Waals surface area contributed by atoms with Gasteiger partial charge in [-0.1, -0.05) is 12.1 Å². The number of hydrogen-bond acceptors (Lipinski definition) is 4. The summed E-state index contributed by atoms with van der Waals surface area (Å²) in [4.78, 5) is 14.9. The van der Waals surface area contributed by atoms with E-state index in [1.807, 2.05) is 6.07 Å². The molecule has 0 N–H and O–H groups in total. The molecule has 0 unspecified atom stereocenters. The molecule has 1 aromatic carbocycles. The number of methoxy groups -OCH3 is 1. The summed E-state index contributed by atoms with van der Waals surface area (Å²) in [5, 5.41) is 8.77. The van der Waals surface area contributed by atoms with Crippen molar-refractivity contribution in [2.75, 3.05) is 7.11 Å². The Bertz CT molecular complexity index is 739. The van der Waals surface area contributed by atoms with Crippen molar-refractivity contribution in [3.63, 3.8) is 0 Å². The van der Waals surface area contributed by atoms with Crippen LogP contribution in [-0.2, 0) is 6.42 Å². The molecule has 2 rings (SSSR count). The van der Waals surface area contributed by atoms with Gasteiger partial charge in [0.15, 0.2) is 6.29 Å². The zero-order valence-corrected chi connectivity index (χ0v) is 11.7. The molecule has 0 atom stereocenters. The maximum absolute atomic E-state index is 12.9. The van der Waals surface area contributed by atoms with Gasteiger partial charge < -0.3 is 4.74 Å². The highest BCUT2D eigenvalue weighted by Gasteiger charge is 2.16. The van der Waals surface area contributed by atoms with Crippen LogP contribution in [0.25, 0.3) is 11.1 Å². The number of ether oxygens (including phenoxy) is 1. The van der Waals surface area contributed by atoms with Gasteiger partial charge in [-0.05, 0) is 23.3 Å². The first kappa shape index (κ1) is 15.6. The first-order valence-electron chi connectivity index (χ1n) is 6.38. The molecule has 1 heterocycles. The quantitative estimate of drug-likeness (QED) is 0.792. The number of benzene rings is 1. The van der Waals surface area contributed by atoms with Gasteiger partial charge in [0.25, 0.3) is 6.43 Å². The monoisotopic (exact) mass is 302 g/mol. The van der Waals surface area contributed by atoms with Crippen LogP contribution in [0.3, 0.4) is 0 Å². The minimum absolute atomic E-state index is 0.154. The van der Waals surface area contributed by atoms with Crippen LogP contribution in [0.15, 0.2) is 30.5 Å². The second-order valence-corrected chi connectivity index (χ2v) is 4.48. The maximum Gasteiger partial charge on any atom is 0.280 e. The van der Waals surface area contributed by atoms with Crippen molar-refractivity contribution in [1.82, 2.24) is 4.98 Å². The molecule has 0 fully saturated rings.